The highest BCUT2D eigenvalue weighted by molar-refractivity contribution is 5.87. The second-order valence-electron chi connectivity index (χ2n) is 7.43. The van der Waals surface area contributed by atoms with Crippen molar-refractivity contribution in [3.05, 3.63) is 22.8 Å². The van der Waals surface area contributed by atoms with E-state index in [0.29, 0.717) is 17.6 Å². The summed E-state index contributed by atoms with van der Waals surface area (Å²) in [5.74, 6) is 1.77. The van der Waals surface area contributed by atoms with Crippen LogP contribution in [-0.4, -0.2) is 17.0 Å². The summed E-state index contributed by atoms with van der Waals surface area (Å²) in [7, 11) is 0. The largest absolute Gasteiger partial charge is 0.389 e. The number of carbonyl (C=O) groups is 1. The van der Waals surface area contributed by atoms with Gasteiger partial charge in [0.15, 0.2) is 0 Å². The Morgan fingerprint density at radius 3 is 2.85 bits per heavy atom. The van der Waals surface area contributed by atoms with Gasteiger partial charge in [-0.15, -0.1) is 0 Å². The lowest BCUT2D eigenvalue weighted by molar-refractivity contribution is -0.128. The van der Waals surface area contributed by atoms with Crippen LogP contribution >= 0.6 is 0 Å². The molecule has 4 atom stereocenters. The monoisotopic (exact) mass is 272 g/mol. The Morgan fingerprint density at radius 2 is 2.00 bits per heavy atom. The molecule has 0 aromatic heterocycles. The van der Waals surface area contributed by atoms with Gasteiger partial charge in [-0.3, -0.25) is 4.79 Å². The molecule has 2 saturated carbocycles. The van der Waals surface area contributed by atoms with Gasteiger partial charge < -0.3 is 5.11 Å². The van der Waals surface area contributed by atoms with Crippen LogP contribution in [0.2, 0.25) is 0 Å². The van der Waals surface area contributed by atoms with Crippen molar-refractivity contribution in [2.24, 2.45) is 17.3 Å². The van der Waals surface area contributed by atoms with E-state index in [9.17, 15) is 9.90 Å². The van der Waals surface area contributed by atoms with Gasteiger partial charge in [0.05, 0.1) is 6.10 Å². The summed E-state index contributed by atoms with van der Waals surface area (Å²) in [6.45, 7) is 2.23. The third-order valence-electron chi connectivity index (χ3n) is 6.57. The van der Waals surface area contributed by atoms with Gasteiger partial charge in [-0.2, -0.15) is 0 Å². The number of aliphatic hydroxyl groups is 1. The minimum atomic E-state index is -0.229. The Bertz CT molecular complexity index is 528. The van der Waals surface area contributed by atoms with Gasteiger partial charge in [-0.05, 0) is 67.9 Å². The topological polar surface area (TPSA) is 37.3 Å². The number of ketones is 1. The van der Waals surface area contributed by atoms with E-state index in [1.807, 2.05) is 0 Å². The van der Waals surface area contributed by atoms with Gasteiger partial charge >= 0.3 is 0 Å². The first kappa shape index (κ1) is 12.8. The number of rotatable bonds is 0. The number of carbonyl (C=O) groups excluding carboxylic acids is 1. The van der Waals surface area contributed by atoms with Gasteiger partial charge in [0.25, 0.3) is 0 Å². The number of allylic oxidation sites excluding steroid dienone is 3. The molecule has 0 unspecified atom stereocenters. The van der Waals surface area contributed by atoms with Gasteiger partial charge in [-0.1, -0.05) is 18.6 Å². The fraction of sp³-hybridized carbons (Fsp3) is 0.722. The number of Topliss-reactive ketones (excluding diaryl/α,β-unsaturated/α-hetero) is 1. The molecule has 2 fully saturated rings. The van der Waals surface area contributed by atoms with Crippen LogP contribution in [0.5, 0.6) is 0 Å². The second-order valence-corrected chi connectivity index (χ2v) is 7.43. The third-order valence-corrected chi connectivity index (χ3v) is 6.57. The molecule has 1 N–H and O–H groups in total. The van der Waals surface area contributed by atoms with Crippen molar-refractivity contribution in [2.45, 2.75) is 64.4 Å². The average Bonchev–Trinajstić information content (AvgIpc) is 2.74. The van der Waals surface area contributed by atoms with Crippen molar-refractivity contribution in [3.63, 3.8) is 0 Å². The molecular weight excluding hydrogens is 248 g/mol. The number of hydrogen-bond acceptors (Lipinski definition) is 2. The SMILES string of the molecule is C[C@@]12CCC3=C4CC[C@@H](O)C=C4CC[C@@H]3[C@H]1CCC2=O. The molecule has 0 amide bonds. The molecule has 2 nitrogen and oxygen atoms in total. The van der Waals surface area contributed by atoms with E-state index in [2.05, 4.69) is 13.0 Å². The number of aliphatic hydroxyl groups excluding tert-OH is 1. The van der Waals surface area contributed by atoms with Crippen molar-refractivity contribution >= 4 is 5.78 Å². The van der Waals surface area contributed by atoms with Gasteiger partial charge in [0.1, 0.15) is 5.78 Å². The van der Waals surface area contributed by atoms with E-state index in [1.54, 1.807) is 11.1 Å². The lowest BCUT2D eigenvalue weighted by atomic mass is 9.57. The Kier molecular flexibility index (Phi) is 2.76. The summed E-state index contributed by atoms with van der Waals surface area (Å²) in [5, 5.41) is 9.83. The summed E-state index contributed by atoms with van der Waals surface area (Å²) in [5.41, 5.74) is 4.62. The Morgan fingerprint density at radius 1 is 1.15 bits per heavy atom. The molecule has 4 aliphatic rings. The molecule has 0 bridgehead atoms. The summed E-state index contributed by atoms with van der Waals surface area (Å²) >= 11 is 0. The molecule has 0 saturated heterocycles. The molecule has 0 aliphatic heterocycles. The lowest BCUT2D eigenvalue weighted by Gasteiger charge is -2.46. The molecule has 0 aromatic rings. The van der Waals surface area contributed by atoms with Gasteiger partial charge in [0.2, 0.25) is 0 Å². The molecular formula is C18H24O2. The molecule has 4 rings (SSSR count). The Balaban J connectivity index is 1.74. The van der Waals surface area contributed by atoms with Crippen LogP contribution in [0.1, 0.15) is 58.3 Å². The predicted molar refractivity (Wildman–Crippen MR) is 78.1 cm³/mol. The standard InChI is InChI=1S/C18H24O2/c1-18-9-8-14-13-5-3-12(19)10-11(13)2-4-15(14)16(18)6-7-17(18)20/h10,12,15-16,19H,2-9H2,1H3/t12-,15+,16-,18-/m1/s1. The third kappa shape index (κ3) is 1.64. The van der Waals surface area contributed by atoms with E-state index in [0.717, 1.165) is 44.9 Å². The molecule has 2 heteroatoms. The van der Waals surface area contributed by atoms with Gasteiger partial charge in [0, 0.05) is 11.8 Å². The van der Waals surface area contributed by atoms with E-state index in [4.69, 9.17) is 0 Å². The number of fused-ring (bicyclic) bond motifs is 4. The van der Waals surface area contributed by atoms with E-state index in [1.165, 1.54) is 12.0 Å². The van der Waals surface area contributed by atoms with Crippen molar-refractivity contribution < 1.29 is 9.90 Å². The normalized spacial score (nSPS) is 43.8. The summed E-state index contributed by atoms with van der Waals surface area (Å²) in [6.07, 6.45) is 10.2. The highest BCUT2D eigenvalue weighted by Gasteiger charge is 2.53. The predicted octanol–water partition coefficient (Wildman–Crippen LogP) is 3.55. The van der Waals surface area contributed by atoms with Crippen LogP contribution in [-0.2, 0) is 4.79 Å². The highest BCUT2D eigenvalue weighted by atomic mass is 16.3. The Labute approximate surface area is 120 Å². The maximum absolute atomic E-state index is 12.3. The summed E-state index contributed by atoms with van der Waals surface area (Å²) in [4.78, 5) is 12.3. The summed E-state index contributed by atoms with van der Waals surface area (Å²) < 4.78 is 0. The van der Waals surface area contributed by atoms with Crippen LogP contribution in [0.3, 0.4) is 0 Å². The van der Waals surface area contributed by atoms with Crippen molar-refractivity contribution in [1.82, 2.24) is 0 Å². The highest BCUT2D eigenvalue weighted by Crippen LogP contribution is 2.58. The first-order chi connectivity index (χ1) is 9.59. The van der Waals surface area contributed by atoms with E-state index < -0.39 is 0 Å². The lowest BCUT2D eigenvalue weighted by Crippen LogP contribution is -2.40. The molecule has 0 heterocycles. The van der Waals surface area contributed by atoms with Gasteiger partial charge in [-0.25, -0.2) is 0 Å². The first-order valence-corrected chi connectivity index (χ1v) is 8.24. The van der Waals surface area contributed by atoms with E-state index in [-0.39, 0.29) is 11.5 Å². The maximum Gasteiger partial charge on any atom is 0.139 e. The van der Waals surface area contributed by atoms with Crippen LogP contribution in [0.25, 0.3) is 0 Å². The molecule has 0 radical (unpaired) electrons. The van der Waals surface area contributed by atoms with Crippen molar-refractivity contribution in [3.8, 4) is 0 Å². The fourth-order valence-corrected chi connectivity index (χ4v) is 5.42. The van der Waals surface area contributed by atoms with Crippen LogP contribution in [0.15, 0.2) is 22.8 Å². The maximum atomic E-state index is 12.3. The molecule has 0 aromatic carbocycles. The van der Waals surface area contributed by atoms with Crippen LogP contribution < -0.4 is 0 Å². The second kappa shape index (κ2) is 4.30. The first-order valence-electron chi connectivity index (χ1n) is 8.24. The smallest absolute Gasteiger partial charge is 0.139 e. The minimum Gasteiger partial charge on any atom is -0.389 e. The Hall–Kier alpha value is -0.890. The average molecular weight is 272 g/mol. The quantitative estimate of drug-likeness (QED) is 0.732. The van der Waals surface area contributed by atoms with Crippen LogP contribution in [0.4, 0.5) is 0 Å². The zero-order valence-corrected chi connectivity index (χ0v) is 12.3. The molecule has 4 aliphatic carbocycles. The fourth-order valence-electron chi connectivity index (χ4n) is 5.42. The van der Waals surface area contributed by atoms with E-state index >= 15 is 0 Å². The molecule has 20 heavy (non-hydrogen) atoms. The molecule has 0 spiro atoms. The molecule has 108 valence electrons. The minimum absolute atomic E-state index is 0.0237. The zero-order valence-electron chi connectivity index (χ0n) is 12.3. The summed E-state index contributed by atoms with van der Waals surface area (Å²) in [6, 6.07) is 0. The van der Waals surface area contributed by atoms with Crippen molar-refractivity contribution in [1.29, 1.82) is 0 Å². The van der Waals surface area contributed by atoms with Crippen molar-refractivity contribution in [2.75, 3.05) is 0 Å². The van der Waals surface area contributed by atoms with Crippen LogP contribution in [0, 0.1) is 17.3 Å². The zero-order chi connectivity index (χ0) is 13.9. The number of hydrogen-bond donors (Lipinski definition) is 1.